The molecule has 0 radical (unpaired) electrons. The zero-order valence-corrected chi connectivity index (χ0v) is 19.1. The molecule has 0 atom stereocenters. The highest BCUT2D eigenvalue weighted by Gasteiger charge is 2.34. The number of benzene rings is 3. The van der Waals surface area contributed by atoms with E-state index in [2.05, 4.69) is 5.32 Å². The van der Waals surface area contributed by atoms with Gasteiger partial charge in [-0.2, -0.15) is 17.5 Å². The number of halogens is 4. The number of piperazine rings is 1. The third-order valence-electron chi connectivity index (χ3n) is 5.65. The van der Waals surface area contributed by atoms with E-state index in [1.54, 1.807) is 0 Å². The van der Waals surface area contributed by atoms with Crippen LogP contribution in [0.25, 0.3) is 0 Å². The second-order valence-electron chi connectivity index (χ2n) is 7.87. The molecule has 1 aliphatic heterocycles. The van der Waals surface area contributed by atoms with E-state index in [9.17, 15) is 30.8 Å². The predicted octanol–water partition coefficient (Wildman–Crippen LogP) is 4.61. The summed E-state index contributed by atoms with van der Waals surface area (Å²) in [5.74, 6) is -2.05. The second kappa shape index (κ2) is 9.67. The van der Waals surface area contributed by atoms with E-state index in [0.29, 0.717) is 13.1 Å². The van der Waals surface area contributed by atoms with E-state index in [-0.39, 0.29) is 18.7 Å². The molecule has 1 heterocycles. The molecule has 0 saturated carbocycles. The maximum atomic E-state index is 14.6. The van der Waals surface area contributed by atoms with E-state index in [0.717, 1.165) is 40.3 Å². The third-order valence-corrected chi connectivity index (χ3v) is 7.57. The number of hydrogen-bond donors (Lipinski definition) is 1. The molecular weight excluding hydrogens is 486 g/mol. The van der Waals surface area contributed by atoms with Crippen LogP contribution in [-0.2, 0) is 16.2 Å². The summed E-state index contributed by atoms with van der Waals surface area (Å²) in [5.41, 5.74) is -0.895. The lowest BCUT2D eigenvalue weighted by atomic mass is 10.1. The molecule has 35 heavy (non-hydrogen) atoms. The first-order valence-corrected chi connectivity index (χ1v) is 12.1. The van der Waals surface area contributed by atoms with Gasteiger partial charge in [-0.25, -0.2) is 12.8 Å². The number of para-hydroxylation sites is 2. The third kappa shape index (κ3) is 5.30. The topological polar surface area (TPSA) is 69.7 Å². The number of alkyl halides is 3. The van der Waals surface area contributed by atoms with Crippen LogP contribution >= 0.6 is 0 Å². The number of anilines is 2. The molecule has 0 aromatic heterocycles. The lowest BCUT2D eigenvalue weighted by Gasteiger charge is -2.35. The first-order chi connectivity index (χ1) is 16.6. The molecule has 1 N–H and O–H groups in total. The van der Waals surface area contributed by atoms with E-state index in [1.165, 1.54) is 12.1 Å². The van der Waals surface area contributed by atoms with E-state index in [4.69, 9.17) is 0 Å². The number of rotatable bonds is 5. The summed E-state index contributed by atoms with van der Waals surface area (Å²) in [4.78, 5) is 13.9. The molecule has 1 saturated heterocycles. The lowest BCUT2D eigenvalue weighted by molar-refractivity contribution is -0.136. The smallest absolute Gasteiger partial charge is 0.369 e. The van der Waals surface area contributed by atoms with Crippen LogP contribution in [0.4, 0.5) is 28.9 Å². The summed E-state index contributed by atoms with van der Waals surface area (Å²) < 4.78 is 81.7. The molecule has 3 aromatic rings. The normalized spacial score (nSPS) is 15.1. The van der Waals surface area contributed by atoms with Crippen LogP contribution in [-0.4, -0.2) is 44.8 Å². The van der Waals surface area contributed by atoms with Crippen molar-refractivity contribution in [1.29, 1.82) is 0 Å². The first-order valence-electron chi connectivity index (χ1n) is 10.6. The largest absolute Gasteiger partial charge is 0.418 e. The minimum Gasteiger partial charge on any atom is -0.369 e. The van der Waals surface area contributed by atoms with Crippen LogP contribution in [0, 0.1) is 5.82 Å². The van der Waals surface area contributed by atoms with Crippen molar-refractivity contribution in [2.75, 3.05) is 36.4 Å². The molecule has 0 spiro atoms. The number of nitrogens with one attached hydrogen (secondary N) is 1. The Hall–Kier alpha value is -3.44. The van der Waals surface area contributed by atoms with Gasteiger partial charge in [0.2, 0.25) is 10.0 Å². The number of nitrogens with zero attached hydrogens (tertiary/aromatic N) is 2. The molecule has 3 aromatic carbocycles. The maximum absolute atomic E-state index is 14.6. The molecule has 0 unspecified atom stereocenters. The Bertz CT molecular complexity index is 1320. The fourth-order valence-corrected chi connectivity index (χ4v) is 5.35. The highest BCUT2D eigenvalue weighted by atomic mass is 32.2. The Morgan fingerprint density at radius 1 is 0.857 bits per heavy atom. The van der Waals surface area contributed by atoms with Gasteiger partial charge < -0.3 is 10.2 Å². The van der Waals surface area contributed by atoms with Crippen LogP contribution in [0.3, 0.4) is 0 Å². The lowest BCUT2D eigenvalue weighted by Crippen LogP contribution is -2.48. The van der Waals surface area contributed by atoms with E-state index >= 15 is 0 Å². The van der Waals surface area contributed by atoms with Gasteiger partial charge in [0.05, 0.1) is 11.3 Å². The molecule has 1 amide bonds. The minimum atomic E-state index is -4.71. The monoisotopic (exact) mass is 507 g/mol. The van der Waals surface area contributed by atoms with Crippen LogP contribution in [0.2, 0.25) is 0 Å². The van der Waals surface area contributed by atoms with Crippen molar-refractivity contribution in [2.45, 2.75) is 11.1 Å². The van der Waals surface area contributed by atoms with Crippen molar-refractivity contribution in [3.63, 3.8) is 0 Å². The van der Waals surface area contributed by atoms with Crippen molar-refractivity contribution in [2.24, 2.45) is 0 Å². The van der Waals surface area contributed by atoms with Gasteiger partial charge in [-0.1, -0.05) is 30.3 Å². The van der Waals surface area contributed by atoms with Crippen molar-refractivity contribution in [3.8, 4) is 0 Å². The van der Waals surface area contributed by atoms with Gasteiger partial charge in [0, 0.05) is 37.4 Å². The van der Waals surface area contributed by atoms with Crippen molar-refractivity contribution < 1.29 is 30.8 Å². The summed E-state index contributed by atoms with van der Waals surface area (Å²) in [6.07, 6.45) is -4.71. The van der Waals surface area contributed by atoms with Gasteiger partial charge in [-0.3, -0.25) is 4.79 Å². The van der Waals surface area contributed by atoms with Crippen molar-refractivity contribution >= 4 is 27.3 Å². The maximum Gasteiger partial charge on any atom is 0.418 e. The summed E-state index contributed by atoms with van der Waals surface area (Å²) >= 11 is 0. The Morgan fingerprint density at radius 3 is 2.14 bits per heavy atom. The van der Waals surface area contributed by atoms with Crippen LogP contribution < -0.4 is 10.2 Å². The number of carbonyl (C=O) groups is 1. The highest BCUT2D eigenvalue weighted by Crippen LogP contribution is 2.35. The summed E-state index contributed by atoms with van der Waals surface area (Å²) in [6, 6.07) is 16.5. The number of amides is 1. The molecule has 1 aliphatic rings. The minimum absolute atomic E-state index is 0.103. The molecule has 184 valence electrons. The predicted molar refractivity (Wildman–Crippen MR) is 123 cm³/mol. The Morgan fingerprint density at radius 2 is 1.49 bits per heavy atom. The van der Waals surface area contributed by atoms with Crippen molar-refractivity contribution in [3.05, 3.63) is 89.7 Å². The SMILES string of the molecule is O=C(Nc1ccccc1C(F)(F)F)c1ccc(F)c(S(=O)(=O)N2CCN(c3ccccc3)CC2)c1. The number of hydrogen-bond acceptors (Lipinski definition) is 4. The molecular formula is C24H21F4N3O3S. The van der Waals surface area contributed by atoms with Crippen molar-refractivity contribution in [1.82, 2.24) is 4.31 Å². The average Bonchev–Trinajstić information content (AvgIpc) is 2.84. The van der Waals surface area contributed by atoms with Gasteiger partial charge in [0.1, 0.15) is 10.7 Å². The molecule has 11 heteroatoms. The number of carbonyl (C=O) groups excluding carboxylic acids is 1. The molecule has 4 rings (SSSR count). The second-order valence-corrected chi connectivity index (χ2v) is 9.78. The Labute approximate surface area is 199 Å². The van der Waals surface area contributed by atoms with Crippen LogP contribution in [0.5, 0.6) is 0 Å². The summed E-state index contributed by atoms with van der Waals surface area (Å²) in [7, 11) is -4.29. The van der Waals surface area contributed by atoms with E-state index in [1.807, 2.05) is 35.2 Å². The zero-order chi connectivity index (χ0) is 25.2. The molecule has 0 bridgehead atoms. The van der Waals surface area contributed by atoms with Gasteiger partial charge in [-0.15, -0.1) is 0 Å². The van der Waals surface area contributed by atoms with Gasteiger partial charge in [-0.05, 0) is 42.5 Å². The molecule has 1 fully saturated rings. The van der Waals surface area contributed by atoms with Gasteiger partial charge >= 0.3 is 6.18 Å². The highest BCUT2D eigenvalue weighted by molar-refractivity contribution is 7.89. The summed E-state index contributed by atoms with van der Waals surface area (Å²) in [5, 5.41) is 2.14. The Kier molecular flexibility index (Phi) is 6.82. The van der Waals surface area contributed by atoms with Crippen LogP contribution in [0.1, 0.15) is 15.9 Å². The quantitative estimate of drug-likeness (QED) is 0.513. The van der Waals surface area contributed by atoms with E-state index < -0.39 is 44.1 Å². The van der Waals surface area contributed by atoms with Gasteiger partial charge in [0.25, 0.3) is 5.91 Å². The van der Waals surface area contributed by atoms with Gasteiger partial charge in [0.15, 0.2) is 0 Å². The van der Waals surface area contributed by atoms with Crippen LogP contribution in [0.15, 0.2) is 77.7 Å². The first kappa shape index (κ1) is 24.7. The summed E-state index contributed by atoms with van der Waals surface area (Å²) in [6.45, 7) is 0.983. The standard InChI is InChI=1S/C24H21F4N3O3S/c25-20-11-10-17(23(32)29-21-9-5-4-8-19(21)24(26,27)28)16-22(20)35(33,34)31-14-12-30(13-15-31)18-6-2-1-3-7-18/h1-11,16H,12-15H2,(H,29,32). The molecule has 0 aliphatic carbocycles. The number of sulfonamides is 1. The Balaban J connectivity index is 1.54. The molecule has 6 nitrogen and oxygen atoms in total. The fraction of sp³-hybridized carbons (Fsp3) is 0.208. The fourth-order valence-electron chi connectivity index (χ4n) is 3.84. The average molecular weight is 508 g/mol. The zero-order valence-electron chi connectivity index (χ0n) is 18.3.